The average molecular weight is 559 g/mol. The fourth-order valence-electron chi connectivity index (χ4n) is 4.89. The van der Waals surface area contributed by atoms with E-state index in [1.807, 2.05) is 33.2 Å². The lowest BCUT2D eigenvalue weighted by Crippen LogP contribution is -2.41. The monoisotopic (exact) mass is 558 g/mol. The topological polar surface area (TPSA) is 92.3 Å². The second-order valence-corrected chi connectivity index (χ2v) is 13.0. The van der Waals surface area contributed by atoms with Crippen LogP contribution in [0.3, 0.4) is 0 Å². The molecule has 0 radical (unpaired) electrons. The predicted molar refractivity (Wildman–Crippen MR) is 149 cm³/mol. The molecule has 1 atom stereocenters. The van der Waals surface area contributed by atoms with Gasteiger partial charge in [-0.3, -0.25) is 9.69 Å². The summed E-state index contributed by atoms with van der Waals surface area (Å²) in [6.07, 6.45) is 3.53. The van der Waals surface area contributed by atoms with Gasteiger partial charge in [-0.2, -0.15) is 4.31 Å². The molecule has 204 valence electrons. The molecule has 2 aromatic carbocycles. The Bertz CT molecular complexity index is 1360. The Labute approximate surface area is 228 Å². The summed E-state index contributed by atoms with van der Waals surface area (Å²) < 4.78 is 40.4. The van der Waals surface area contributed by atoms with Crippen LogP contribution < -0.4 is 14.4 Å². The summed E-state index contributed by atoms with van der Waals surface area (Å²) in [5.74, 6) is 1.13. The summed E-state index contributed by atoms with van der Waals surface area (Å²) in [5, 5.41) is 0.588. The van der Waals surface area contributed by atoms with E-state index in [-0.39, 0.29) is 16.8 Å². The minimum Gasteiger partial charge on any atom is -0.486 e. The number of carbonyl (C=O) groups is 1. The van der Waals surface area contributed by atoms with Crippen LogP contribution in [-0.2, 0) is 10.0 Å². The van der Waals surface area contributed by atoms with Crippen LogP contribution in [0.1, 0.15) is 43.0 Å². The molecule has 0 N–H and O–H groups in total. The highest BCUT2D eigenvalue weighted by molar-refractivity contribution is 7.89. The summed E-state index contributed by atoms with van der Waals surface area (Å²) in [6, 6.07) is 10.0. The molecule has 9 nitrogen and oxygen atoms in total. The number of sulfonamides is 1. The maximum atomic E-state index is 13.7. The van der Waals surface area contributed by atoms with Crippen molar-refractivity contribution < 1.29 is 22.7 Å². The number of fused-ring (bicyclic) bond motifs is 2. The van der Waals surface area contributed by atoms with Gasteiger partial charge in [-0.1, -0.05) is 17.8 Å². The highest BCUT2D eigenvalue weighted by atomic mass is 32.2. The van der Waals surface area contributed by atoms with Gasteiger partial charge in [0.15, 0.2) is 16.6 Å². The number of thiazole rings is 1. The maximum absolute atomic E-state index is 13.7. The molecular weight excluding hydrogens is 524 g/mol. The van der Waals surface area contributed by atoms with Crippen molar-refractivity contribution >= 4 is 42.6 Å². The quantitative estimate of drug-likeness (QED) is 0.409. The first-order valence-electron chi connectivity index (χ1n) is 13.0. The van der Waals surface area contributed by atoms with Crippen LogP contribution in [0.25, 0.3) is 10.2 Å². The number of ether oxygens (including phenoxy) is 2. The van der Waals surface area contributed by atoms with Crippen LogP contribution in [0, 0.1) is 0 Å². The number of nitrogens with zero attached hydrogens (tertiary/aromatic N) is 4. The van der Waals surface area contributed by atoms with E-state index in [0.29, 0.717) is 48.5 Å². The summed E-state index contributed by atoms with van der Waals surface area (Å²) in [6.45, 7) is 4.77. The van der Waals surface area contributed by atoms with E-state index in [9.17, 15) is 13.2 Å². The van der Waals surface area contributed by atoms with Crippen LogP contribution in [0.15, 0.2) is 41.3 Å². The van der Waals surface area contributed by atoms with Gasteiger partial charge in [0, 0.05) is 36.8 Å². The zero-order valence-electron chi connectivity index (χ0n) is 22.1. The number of hydrogen-bond acceptors (Lipinski definition) is 8. The van der Waals surface area contributed by atoms with E-state index in [0.717, 1.165) is 42.4 Å². The molecule has 2 aliphatic rings. The molecule has 0 bridgehead atoms. The molecule has 0 spiro atoms. The number of anilines is 1. The van der Waals surface area contributed by atoms with Crippen molar-refractivity contribution in [3.63, 3.8) is 0 Å². The fourth-order valence-corrected chi connectivity index (χ4v) is 7.59. The van der Waals surface area contributed by atoms with E-state index in [1.165, 1.54) is 11.3 Å². The molecule has 38 heavy (non-hydrogen) atoms. The first kappa shape index (κ1) is 26.9. The number of carbonyl (C=O) groups excluding carboxylic acids is 1. The van der Waals surface area contributed by atoms with Gasteiger partial charge in [-0.05, 0) is 71.1 Å². The Balaban J connectivity index is 1.42. The highest BCUT2D eigenvalue weighted by Gasteiger charge is 2.31. The zero-order valence-corrected chi connectivity index (χ0v) is 23.7. The number of amides is 1. The molecule has 5 rings (SSSR count). The summed E-state index contributed by atoms with van der Waals surface area (Å²) in [4.78, 5) is 22.5. The molecule has 1 aromatic heterocycles. The van der Waals surface area contributed by atoms with Crippen molar-refractivity contribution in [2.24, 2.45) is 0 Å². The van der Waals surface area contributed by atoms with Gasteiger partial charge in [-0.25, -0.2) is 13.4 Å². The first-order valence-corrected chi connectivity index (χ1v) is 15.3. The molecule has 11 heteroatoms. The standard InChI is InChI=1S/C27H34N4O5S2/c1-19-7-4-5-14-31(19)38(33,34)21-10-8-20(9-11-21)26(32)30(13-6-12-29(2)3)27-28-22-17-23-24(18-25(22)37-27)36-16-15-35-23/h8-11,17-19H,4-7,12-16H2,1-3H3. The minimum atomic E-state index is -3.61. The maximum Gasteiger partial charge on any atom is 0.260 e. The SMILES string of the molecule is CC1CCCCN1S(=O)(=O)c1ccc(C(=O)N(CCCN(C)C)c2nc3cc4c(cc3s2)OCCO4)cc1. The van der Waals surface area contributed by atoms with E-state index in [4.69, 9.17) is 14.5 Å². The Morgan fingerprint density at radius 3 is 2.47 bits per heavy atom. The largest absolute Gasteiger partial charge is 0.486 e. The second-order valence-electron chi connectivity index (χ2n) is 10.1. The molecule has 2 aliphatic heterocycles. The fraction of sp³-hybridized carbons (Fsp3) is 0.481. The van der Waals surface area contributed by atoms with Crippen LogP contribution in [-0.4, -0.2) is 81.5 Å². The van der Waals surface area contributed by atoms with E-state index < -0.39 is 10.0 Å². The third kappa shape index (κ3) is 5.51. The molecular formula is C27H34N4O5S2. The van der Waals surface area contributed by atoms with Crippen molar-refractivity contribution in [2.75, 3.05) is 51.8 Å². The number of hydrogen-bond donors (Lipinski definition) is 0. The first-order chi connectivity index (χ1) is 18.2. The van der Waals surface area contributed by atoms with Crippen LogP contribution in [0.4, 0.5) is 5.13 Å². The second kappa shape index (κ2) is 11.2. The highest BCUT2D eigenvalue weighted by Crippen LogP contribution is 2.39. The molecule has 1 amide bonds. The predicted octanol–water partition coefficient (Wildman–Crippen LogP) is 4.23. The lowest BCUT2D eigenvalue weighted by Gasteiger charge is -2.32. The Hall–Kier alpha value is -2.73. The number of piperidine rings is 1. The van der Waals surface area contributed by atoms with E-state index in [1.54, 1.807) is 33.5 Å². The molecule has 3 heterocycles. The van der Waals surface area contributed by atoms with Crippen molar-refractivity contribution in [3.8, 4) is 11.5 Å². The summed E-state index contributed by atoms with van der Waals surface area (Å²) >= 11 is 1.43. The Morgan fingerprint density at radius 2 is 1.79 bits per heavy atom. The van der Waals surface area contributed by atoms with Gasteiger partial charge in [0.25, 0.3) is 5.91 Å². The van der Waals surface area contributed by atoms with E-state index in [2.05, 4.69) is 4.90 Å². The molecule has 1 unspecified atom stereocenters. The van der Waals surface area contributed by atoms with Crippen molar-refractivity contribution in [1.29, 1.82) is 0 Å². The lowest BCUT2D eigenvalue weighted by molar-refractivity contribution is 0.0986. The van der Waals surface area contributed by atoms with Gasteiger partial charge >= 0.3 is 0 Å². The smallest absolute Gasteiger partial charge is 0.260 e. The van der Waals surface area contributed by atoms with Gasteiger partial charge in [-0.15, -0.1) is 0 Å². The Morgan fingerprint density at radius 1 is 1.08 bits per heavy atom. The van der Waals surface area contributed by atoms with E-state index >= 15 is 0 Å². The molecule has 0 aliphatic carbocycles. The lowest BCUT2D eigenvalue weighted by atomic mass is 10.1. The van der Waals surface area contributed by atoms with Crippen molar-refractivity contribution in [2.45, 2.75) is 43.5 Å². The van der Waals surface area contributed by atoms with Crippen molar-refractivity contribution in [3.05, 3.63) is 42.0 Å². The summed E-state index contributed by atoms with van der Waals surface area (Å²) in [7, 11) is 0.387. The third-order valence-electron chi connectivity index (χ3n) is 6.95. The molecule has 0 saturated carbocycles. The molecule has 3 aromatic rings. The minimum absolute atomic E-state index is 0.0252. The number of aromatic nitrogens is 1. The van der Waals surface area contributed by atoms with Crippen LogP contribution >= 0.6 is 11.3 Å². The average Bonchev–Trinajstić information content (AvgIpc) is 3.32. The van der Waals surface area contributed by atoms with Gasteiger partial charge < -0.3 is 14.4 Å². The molecule has 1 saturated heterocycles. The summed E-state index contributed by atoms with van der Waals surface area (Å²) in [5.41, 5.74) is 1.17. The van der Waals surface area contributed by atoms with Gasteiger partial charge in [0.1, 0.15) is 13.2 Å². The van der Waals surface area contributed by atoms with Crippen LogP contribution in [0.5, 0.6) is 11.5 Å². The number of benzene rings is 2. The van der Waals surface area contributed by atoms with Crippen LogP contribution in [0.2, 0.25) is 0 Å². The number of rotatable bonds is 8. The third-order valence-corrected chi connectivity index (χ3v) is 10.0. The Kier molecular flexibility index (Phi) is 7.90. The van der Waals surface area contributed by atoms with Gasteiger partial charge in [0.2, 0.25) is 10.0 Å². The van der Waals surface area contributed by atoms with Gasteiger partial charge in [0.05, 0.1) is 15.1 Å². The van der Waals surface area contributed by atoms with Crippen molar-refractivity contribution in [1.82, 2.24) is 14.2 Å². The zero-order chi connectivity index (χ0) is 26.9. The molecule has 1 fully saturated rings. The normalized spacial score (nSPS) is 18.2.